The van der Waals surface area contributed by atoms with Gasteiger partial charge in [0.2, 0.25) is 0 Å². The van der Waals surface area contributed by atoms with Crippen LogP contribution in [0.5, 0.6) is 0 Å². The third-order valence-electron chi connectivity index (χ3n) is 7.30. The highest BCUT2D eigenvalue weighted by Crippen LogP contribution is 2.50. The Labute approximate surface area is 149 Å². The summed E-state index contributed by atoms with van der Waals surface area (Å²) in [6, 6.07) is 0. The quantitative estimate of drug-likeness (QED) is 0.541. The molecule has 3 nitrogen and oxygen atoms in total. The molecule has 0 heterocycles. The van der Waals surface area contributed by atoms with Crippen LogP contribution in [0.2, 0.25) is 0 Å². The van der Waals surface area contributed by atoms with Gasteiger partial charge in [-0.2, -0.15) is 0 Å². The molecule has 0 aromatic carbocycles. The van der Waals surface area contributed by atoms with E-state index in [1.807, 2.05) is 0 Å². The minimum Gasteiger partial charge on any atom is -0.370 e. The molecule has 0 unspecified atom stereocenters. The molecule has 3 aliphatic carbocycles. The zero-order chi connectivity index (χ0) is 16.8. The summed E-state index contributed by atoms with van der Waals surface area (Å²) in [5, 5.41) is 0. The van der Waals surface area contributed by atoms with E-state index in [4.69, 9.17) is 16.5 Å². The maximum absolute atomic E-state index is 6.02. The second-order valence-corrected chi connectivity index (χ2v) is 8.91. The summed E-state index contributed by atoms with van der Waals surface area (Å²) in [6.07, 6.45) is 22.0. The van der Waals surface area contributed by atoms with E-state index in [9.17, 15) is 0 Å². The minimum absolute atomic E-state index is 0.0572. The average molecular weight is 334 g/mol. The monoisotopic (exact) mass is 333 g/mol. The Balaban J connectivity index is 1.88. The minimum atomic E-state index is 0.0572. The van der Waals surface area contributed by atoms with E-state index in [0.717, 1.165) is 17.8 Å². The van der Waals surface area contributed by atoms with E-state index in [2.05, 4.69) is 0 Å². The van der Waals surface area contributed by atoms with Gasteiger partial charge in [0.1, 0.15) is 0 Å². The molecule has 0 saturated heterocycles. The second-order valence-electron chi connectivity index (χ2n) is 8.91. The topological polar surface area (TPSA) is 64.4 Å². The van der Waals surface area contributed by atoms with Gasteiger partial charge in [0.25, 0.3) is 0 Å². The van der Waals surface area contributed by atoms with Crippen LogP contribution in [-0.2, 0) is 0 Å². The highest BCUT2D eigenvalue weighted by Gasteiger charge is 2.47. The fraction of sp³-hybridized carbons (Fsp3) is 0.952. The molecule has 3 saturated carbocycles. The predicted octanol–water partition coefficient (Wildman–Crippen LogP) is 5.13. The number of guanidine groups is 1. The van der Waals surface area contributed by atoms with Crippen LogP contribution in [0.1, 0.15) is 103 Å². The normalized spacial score (nSPS) is 25.5. The van der Waals surface area contributed by atoms with Gasteiger partial charge in [-0.1, -0.05) is 70.6 Å². The largest absolute Gasteiger partial charge is 0.370 e. The molecule has 3 rings (SSSR count). The number of aliphatic imine (C=N–C) groups is 1. The van der Waals surface area contributed by atoms with Crippen LogP contribution < -0.4 is 11.5 Å². The number of rotatable bonds is 5. The molecule has 0 atom stereocenters. The van der Waals surface area contributed by atoms with Crippen molar-refractivity contribution in [2.24, 2.45) is 34.2 Å². The molecule has 3 fully saturated rings. The van der Waals surface area contributed by atoms with Crippen LogP contribution in [0.25, 0.3) is 0 Å². The average Bonchev–Trinajstić information content (AvgIpc) is 2.63. The summed E-state index contributed by atoms with van der Waals surface area (Å²) in [6.45, 7) is 0. The Morgan fingerprint density at radius 3 is 1.50 bits per heavy atom. The second kappa shape index (κ2) is 8.58. The summed E-state index contributed by atoms with van der Waals surface area (Å²) in [5.74, 6) is 2.64. The highest BCUT2D eigenvalue weighted by molar-refractivity contribution is 5.76. The van der Waals surface area contributed by atoms with Crippen molar-refractivity contribution in [3.05, 3.63) is 0 Å². The maximum Gasteiger partial charge on any atom is 0.186 e. The Bertz CT molecular complexity index is 377. The van der Waals surface area contributed by atoms with Crippen LogP contribution in [0.3, 0.4) is 0 Å². The van der Waals surface area contributed by atoms with Gasteiger partial charge < -0.3 is 11.5 Å². The van der Waals surface area contributed by atoms with Gasteiger partial charge in [0.05, 0.1) is 5.54 Å². The molecule has 0 radical (unpaired) electrons. The van der Waals surface area contributed by atoms with E-state index in [0.29, 0.717) is 5.96 Å². The van der Waals surface area contributed by atoms with Gasteiger partial charge in [-0.05, 0) is 49.9 Å². The van der Waals surface area contributed by atoms with Gasteiger partial charge in [-0.3, -0.25) is 0 Å². The summed E-state index contributed by atoms with van der Waals surface area (Å²) < 4.78 is 0. The molecule has 3 aliphatic rings. The third kappa shape index (κ3) is 4.26. The highest BCUT2D eigenvalue weighted by atomic mass is 15.0. The molecule has 4 N–H and O–H groups in total. The first-order valence-corrected chi connectivity index (χ1v) is 10.8. The Morgan fingerprint density at radius 2 is 1.08 bits per heavy atom. The molecule has 0 amide bonds. The standard InChI is InChI=1S/C21H39N3/c22-20(23)24-21(18-12-6-2-7-13-18,19-14-8-3-9-15-19)16-17-10-4-1-5-11-17/h17-19H,1-16H2,(H4,22,23,24). The Kier molecular flexibility index (Phi) is 6.46. The molecule has 0 bridgehead atoms. The number of hydrogen-bond donors (Lipinski definition) is 2. The van der Waals surface area contributed by atoms with E-state index in [1.54, 1.807) is 0 Å². The molecular formula is C21H39N3. The zero-order valence-electron chi connectivity index (χ0n) is 15.6. The first-order chi connectivity index (χ1) is 11.7. The van der Waals surface area contributed by atoms with Gasteiger partial charge in [-0.25, -0.2) is 4.99 Å². The first-order valence-electron chi connectivity index (χ1n) is 10.8. The van der Waals surface area contributed by atoms with Crippen LogP contribution in [0.15, 0.2) is 4.99 Å². The summed E-state index contributed by atoms with van der Waals surface area (Å²) in [4.78, 5) is 5.12. The van der Waals surface area contributed by atoms with E-state index < -0.39 is 0 Å². The Morgan fingerprint density at radius 1 is 0.667 bits per heavy atom. The molecule has 0 spiro atoms. The van der Waals surface area contributed by atoms with E-state index >= 15 is 0 Å². The van der Waals surface area contributed by atoms with Crippen molar-refractivity contribution in [3.63, 3.8) is 0 Å². The zero-order valence-corrected chi connectivity index (χ0v) is 15.6. The summed E-state index contributed by atoms with van der Waals surface area (Å²) in [7, 11) is 0. The maximum atomic E-state index is 6.02. The van der Waals surface area contributed by atoms with Crippen molar-refractivity contribution in [2.45, 2.75) is 108 Å². The van der Waals surface area contributed by atoms with Gasteiger partial charge in [-0.15, -0.1) is 0 Å². The Hall–Kier alpha value is -0.730. The molecule has 138 valence electrons. The van der Waals surface area contributed by atoms with Crippen molar-refractivity contribution in [2.75, 3.05) is 0 Å². The smallest absolute Gasteiger partial charge is 0.186 e. The van der Waals surface area contributed by atoms with Crippen molar-refractivity contribution >= 4 is 5.96 Å². The lowest BCUT2D eigenvalue weighted by Gasteiger charge is -2.48. The van der Waals surface area contributed by atoms with Crippen molar-refractivity contribution < 1.29 is 0 Å². The SMILES string of the molecule is NC(N)=NC(CC1CCCCC1)(C1CCCCC1)C1CCCCC1. The number of nitrogens with two attached hydrogens (primary N) is 2. The van der Waals surface area contributed by atoms with Gasteiger partial charge in [0.15, 0.2) is 5.96 Å². The van der Waals surface area contributed by atoms with Crippen molar-refractivity contribution in [1.82, 2.24) is 0 Å². The number of hydrogen-bond acceptors (Lipinski definition) is 1. The predicted molar refractivity (Wildman–Crippen MR) is 103 cm³/mol. The molecule has 0 aliphatic heterocycles. The molecule has 24 heavy (non-hydrogen) atoms. The van der Waals surface area contributed by atoms with E-state index in [1.165, 1.54) is 103 Å². The fourth-order valence-electron chi connectivity index (χ4n) is 6.19. The van der Waals surface area contributed by atoms with Gasteiger partial charge >= 0.3 is 0 Å². The first kappa shape index (κ1) is 18.1. The van der Waals surface area contributed by atoms with Crippen LogP contribution >= 0.6 is 0 Å². The van der Waals surface area contributed by atoms with Crippen LogP contribution in [-0.4, -0.2) is 11.5 Å². The fourth-order valence-corrected chi connectivity index (χ4v) is 6.19. The summed E-state index contributed by atoms with van der Waals surface area (Å²) in [5.41, 5.74) is 12.1. The summed E-state index contributed by atoms with van der Waals surface area (Å²) >= 11 is 0. The van der Waals surface area contributed by atoms with Crippen molar-refractivity contribution in [3.8, 4) is 0 Å². The molecule has 0 aromatic rings. The van der Waals surface area contributed by atoms with Gasteiger partial charge in [0, 0.05) is 0 Å². The van der Waals surface area contributed by atoms with Crippen LogP contribution in [0, 0.1) is 17.8 Å². The van der Waals surface area contributed by atoms with Crippen LogP contribution in [0.4, 0.5) is 0 Å². The lowest BCUT2D eigenvalue weighted by atomic mass is 9.60. The lowest BCUT2D eigenvalue weighted by Crippen LogP contribution is -2.49. The third-order valence-corrected chi connectivity index (χ3v) is 7.30. The lowest BCUT2D eigenvalue weighted by molar-refractivity contribution is 0.0749. The molecule has 0 aromatic heterocycles. The number of nitrogens with zero attached hydrogens (tertiary/aromatic N) is 1. The van der Waals surface area contributed by atoms with E-state index in [-0.39, 0.29) is 5.54 Å². The van der Waals surface area contributed by atoms with Crippen molar-refractivity contribution in [1.29, 1.82) is 0 Å². The molecule has 3 heteroatoms. The molecular weight excluding hydrogens is 294 g/mol.